The van der Waals surface area contributed by atoms with Gasteiger partial charge in [0.25, 0.3) is 5.56 Å². The van der Waals surface area contributed by atoms with Crippen molar-refractivity contribution < 1.29 is 5.11 Å². The number of phenolic OH excluding ortho intramolecular Hbond substituents is 1. The van der Waals surface area contributed by atoms with Crippen LogP contribution in [0.3, 0.4) is 0 Å². The van der Waals surface area contributed by atoms with E-state index in [9.17, 15) is 9.90 Å². The van der Waals surface area contributed by atoms with E-state index in [2.05, 4.69) is 9.97 Å². The summed E-state index contributed by atoms with van der Waals surface area (Å²) in [6.45, 7) is 0. The summed E-state index contributed by atoms with van der Waals surface area (Å²) >= 11 is 1.32. The van der Waals surface area contributed by atoms with E-state index >= 15 is 0 Å². The molecular weight excluding hydrogens is 212 g/mol. The van der Waals surface area contributed by atoms with Crippen molar-refractivity contribution in [3.8, 4) is 5.75 Å². The largest absolute Gasteiger partial charge is 0.508 e. The predicted molar refractivity (Wildman–Crippen MR) is 57.1 cm³/mol. The maximum Gasteiger partial charge on any atom is 0.251 e. The number of hydrogen-bond acceptors (Lipinski definition) is 4. The van der Waals surface area contributed by atoms with Gasteiger partial charge < -0.3 is 10.1 Å². The Morgan fingerprint density at radius 1 is 1.33 bits per heavy atom. The first-order chi connectivity index (χ1) is 7.24. The molecule has 0 amide bonds. The van der Waals surface area contributed by atoms with Crippen LogP contribution >= 0.6 is 11.8 Å². The van der Waals surface area contributed by atoms with E-state index in [1.54, 1.807) is 18.2 Å². The molecule has 0 unspecified atom stereocenters. The molecule has 0 bridgehead atoms. The van der Waals surface area contributed by atoms with Crippen molar-refractivity contribution in [3.05, 3.63) is 47.0 Å². The van der Waals surface area contributed by atoms with E-state index in [1.165, 1.54) is 24.2 Å². The number of aromatic amines is 1. The molecule has 1 heterocycles. The van der Waals surface area contributed by atoms with Gasteiger partial charge in [-0.3, -0.25) is 4.79 Å². The second-order valence-corrected chi connectivity index (χ2v) is 3.94. The molecular formula is C10H8N2O2S. The molecule has 2 rings (SSSR count). The van der Waals surface area contributed by atoms with Crippen LogP contribution in [0.25, 0.3) is 0 Å². The zero-order valence-corrected chi connectivity index (χ0v) is 8.49. The van der Waals surface area contributed by atoms with E-state index in [4.69, 9.17) is 0 Å². The van der Waals surface area contributed by atoms with Gasteiger partial charge in [0.2, 0.25) is 0 Å². The Kier molecular flexibility index (Phi) is 2.73. The molecule has 0 saturated carbocycles. The molecule has 2 aromatic rings. The number of rotatable bonds is 2. The number of aromatic hydroxyl groups is 1. The van der Waals surface area contributed by atoms with Crippen molar-refractivity contribution in [1.29, 1.82) is 0 Å². The standard InChI is InChI=1S/C10H8N2O2S/c13-7-2-1-3-8(4-7)15-10-5-9(14)11-6-12-10/h1-6,13H,(H,11,12,14). The number of aromatic nitrogens is 2. The van der Waals surface area contributed by atoms with Crippen LogP contribution in [0.4, 0.5) is 0 Å². The molecule has 4 nitrogen and oxygen atoms in total. The monoisotopic (exact) mass is 220 g/mol. The zero-order valence-electron chi connectivity index (χ0n) is 7.68. The summed E-state index contributed by atoms with van der Waals surface area (Å²) in [5.74, 6) is 0.199. The highest BCUT2D eigenvalue weighted by molar-refractivity contribution is 7.99. The van der Waals surface area contributed by atoms with Crippen molar-refractivity contribution in [2.75, 3.05) is 0 Å². The van der Waals surface area contributed by atoms with Crippen LogP contribution in [-0.4, -0.2) is 15.1 Å². The van der Waals surface area contributed by atoms with Gasteiger partial charge in [-0.1, -0.05) is 17.8 Å². The second-order valence-electron chi connectivity index (χ2n) is 2.85. The van der Waals surface area contributed by atoms with E-state index in [0.29, 0.717) is 5.03 Å². The Hall–Kier alpha value is -1.75. The van der Waals surface area contributed by atoms with Crippen molar-refractivity contribution >= 4 is 11.8 Å². The summed E-state index contributed by atoms with van der Waals surface area (Å²) in [6, 6.07) is 8.20. The van der Waals surface area contributed by atoms with Gasteiger partial charge in [-0.2, -0.15) is 0 Å². The number of nitrogens with zero attached hydrogens (tertiary/aromatic N) is 1. The van der Waals surface area contributed by atoms with Gasteiger partial charge >= 0.3 is 0 Å². The highest BCUT2D eigenvalue weighted by atomic mass is 32.2. The smallest absolute Gasteiger partial charge is 0.251 e. The normalized spacial score (nSPS) is 10.1. The molecule has 15 heavy (non-hydrogen) atoms. The number of phenols is 1. The summed E-state index contributed by atoms with van der Waals surface area (Å²) in [5.41, 5.74) is -0.187. The Labute approximate surface area is 90.0 Å². The first kappa shape index (κ1) is 9.79. The van der Waals surface area contributed by atoms with Gasteiger partial charge in [-0.05, 0) is 18.2 Å². The van der Waals surface area contributed by atoms with Crippen molar-refractivity contribution in [2.24, 2.45) is 0 Å². The van der Waals surface area contributed by atoms with E-state index in [-0.39, 0.29) is 11.3 Å². The molecule has 0 radical (unpaired) electrons. The van der Waals surface area contributed by atoms with Gasteiger partial charge in [0.1, 0.15) is 10.8 Å². The Morgan fingerprint density at radius 2 is 2.20 bits per heavy atom. The molecule has 0 aliphatic heterocycles. The number of hydrogen-bond donors (Lipinski definition) is 2. The fourth-order valence-electron chi connectivity index (χ4n) is 1.07. The molecule has 1 aromatic carbocycles. The number of H-pyrrole nitrogens is 1. The van der Waals surface area contributed by atoms with Crippen LogP contribution in [-0.2, 0) is 0 Å². The van der Waals surface area contributed by atoms with Gasteiger partial charge in [0.15, 0.2) is 0 Å². The van der Waals surface area contributed by atoms with E-state index in [0.717, 1.165) is 4.90 Å². The van der Waals surface area contributed by atoms with E-state index in [1.807, 2.05) is 6.07 Å². The van der Waals surface area contributed by atoms with Gasteiger partial charge in [-0.25, -0.2) is 4.98 Å². The molecule has 0 fully saturated rings. The number of benzene rings is 1. The quantitative estimate of drug-likeness (QED) is 0.755. The lowest BCUT2D eigenvalue weighted by Crippen LogP contribution is -2.03. The fraction of sp³-hybridized carbons (Fsp3) is 0. The molecule has 0 aliphatic rings. The Bertz CT molecular complexity index is 525. The Morgan fingerprint density at radius 3 is 2.93 bits per heavy atom. The molecule has 0 spiro atoms. The minimum atomic E-state index is -0.187. The summed E-state index contributed by atoms with van der Waals surface area (Å²) in [5, 5.41) is 9.85. The highest BCUT2D eigenvalue weighted by Gasteiger charge is 1.99. The lowest BCUT2D eigenvalue weighted by molar-refractivity contribution is 0.474. The lowest BCUT2D eigenvalue weighted by Gasteiger charge is -1.99. The minimum Gasteiger partial charge on any atom is -0.508 e. The molecule has 0 aliphatic carbocycles. The second kappa shape index (κ2) is 4.18. The number of nitrogens with one attached hydrogen (secondary N) is 1. The summed E-state index contributed by atoms with van der Waals surface area (Å²) < 4.78 is 0. The van der Waals surface area contributed by atoms with Crippen molar-refractivity contribution in [2.45, 2.75) is 9.92 Å². The molecule has 2 N–H and O–H groups in total. The van der Waals surface area contributed by atoms with Gasteiger partial charge in [0, 0.05) is 11.0 Å². The molecule has 5 heteroatoms. The maximum absolute atomic E-state index is 11.0. The minimum absolute atomic E-state index is 0.187. The Balaban J connectivity index is 2.26. The van der Waals surface area contributed by atoms with Crippen LogP contribution in [0.1, 0.15) is 0 Å². The average Bonchev–Trinajstić information content (AvgIpc) is 2.17. The summed E-state index contributed by atoms with van der Waals surface area (Å²) in [7, 11) is 0. The van der Waals surface area contributed by atoms with Crippen LogP contribution in [0.2, 0.25) is 0 Å². The fourth-order valence-corrected chi connectivity index (χ4v) is 1.91. The third-order valence-electron chi connectivity index (χ3n) is 1.69. The molecule has 0 saturated heterocycles. The summed E-state index contributed by atoms with van der Waals surface area (Å²) in [4.78, 5) is 18.3. The predicted octanol–water partition coefficient (Wildman–Crippen LogP) is 1.63. The molecule has 0 atom stereocenters. The lowest BCUT2D eigenvalue weighted by atomic mass is 10.3. The maximum atomic E-state index is 11.0. The van der Waals surface area contributed by atoms with Gasteiger partial charge in [0.05, 0.1) is 6.33 Å². The topological polar surface area (TPSA) is 66.0 Å². The first-order valence-electron chi connectivity index (χ1n) is 4.26. The SMILES string of the molecule is O=c1cc(Sc2cccc(O)c2)nc[nH]1. The van der Waals surface area contributed by atoms with Gasteiger partial charge in [-0.15, -0.1) is 0 Å². The van der Waals surface area contributed by atoms with E-state index < -0.39 is 0 Å². The first-order valence-corrected chi connectivity index (χ1v) is 5.07. The third-order valence-corrected chi connectivity index (χ3v) is 2.62. The molecule has 76 valence electrons. The molecule has 1 aromatic heterocycles. The highest BCUT2D eigenvalue weighted by Crippen LogP contribution is 2.26. The van der Waals surface area contributed by atoms with Crippen LogP contribution in [0, 0.1) is 0 Å². The zero-order chi connectivity index (χ0) is 10.7. The van der Waals surface area contributed by atoms with Crippen molar-refractivity contribution in [1.82, 2.24) is 9.97 Å². The average molecular weight is 220 g/mol. The summed E-state index contributed by atoms with van der Waals surface area (Å²) in [6.07, 6.45) is 1.35. The van der Waals surface area contributed by atoms with Crippen molar-refractivity contribution in [3.63, 3.8) is 0 Å². The van der Waals surface area contributed by atoms with Crippen LogP contribution < -0.4 is 5.56 Å². The van der Waals surface area contributed by atoms with Crippen LogP contribution in [0.15, 0.2) is 51.4 Å². The third kappa shape index (κ3) is 2.60. The van der Waals surface area contributed by atoms with Crippen LogP contribution in [0.5, 0.6) is 5.75 Å².